The van der Waals surface area contributed by atoms with E-state index in [0.717, 1.165) is 18.4 Å². The molecule has 1 amide bonds. The SMILES string of the molecule is Cc1ccc(NS(=O)(=O)c2ccc(OCC(=O)N[C@@H](C)CCc3ccccc3)c(Cl)c2)cc1. The molecule has 3 aromatic rings. The minimum Gasteiger partial charge on any atom is -0.482 e. The third-order valence-corrected chi connectivity index (χ3v) is 6.67. The Kier molecular flexibility index (Phi) is 8.36. The number of benzene rings is 3. The van der Waals surface area contributed by atoms with E-state index in [2.05, 4.69) is 22.2 Å². The molecule has 6 nitrogen and oxygen atoms in total. The van der Waals surface area contributed by atoms with E-state index < -0.39 is 10.0 Å². The molecular formula is C25H27ClN2O4S. The van der Waals surface area contributed by atoms with Gasteiger partial charge in [-0.2, -0.15) is 0 Å². The van der Waals surface area contributed by atoms with Crippen molar-refractivity contribution in [1.82, 2.24) is 5.32 Å². The minimum atomic E-state index is -3.81. The largest absolute Gasteiger partial charge is 0.482 e. The zero-order valence-electron chi connectivity index (χ0n) is 18.5. The highest BCUT2D eigenvalue weighted by Crippen LogP contribution is 2.28. The van der Waals surface area contributed by atoms with Crippen LogP contribution in [0.2, 0.25) is 5.02 Å². The maximum Gasteiger partial charge on any atom is 0.261 e. The molecule has 0 heterocycles. The molecule has 33 heavy (non-hydrogen) atoms. The van der Waals surface area contributed by atoms with Gasteiger partial charge in [0.1, 0.15) is 5.75 Å². The number of carbonyl (C=O) groups excluding carboxylic acids is 1. The number of hydrogen-bond donors (Lipinski definition) is 2. The number of amides is 1. The molecule has 0 radical (unpaired) electrons. The van der Waals surface area contributed by atoms with Gasteiger partial charge in [0.05, 0.1) is 9.92 Å². The van der Waals surface area contributed by atoms with E-state index in [4.69, 9.17) is 16.3 Å². The Morgan fingerprint density at radius 2 is 1.73 bits per heavy atom. The van der Waals surface area contributed by atoms with Gasteiger partial charge in [0.2, 0.25) is 0 Å². The van der Waals surface area contributed by atoms with E-state index in [-0.39, 0.29) is 34.2 Å². The lowest BCUT2D eigenvalue weighted by Gasteiger charge is -2.15. The quantitative estimate of drug-likeness (QED) is 0.424. The maximum absolute atomic E-state index is 12.6. The molecule has 0 aliphatic rings. The molecule has 0 unspecified atom stereocenters. The third-order valence-electron chi connectivity index (χ3n) is 4.99. The molecule has 0 spiro atoms. The van der Waals surface area contributed by atoms with E-state index in [9.17, 15) is 13.2 Å². The number of rotatable bonds is 10. The Morgan fingerprint density at radius 1 is 1.03 bits per heavy atom. The van der Waals surface area contributed by atoms with Crippen molar-refractivity contribution < 1.29 is 17.9 Å². The molecule has 3 aromatic carbocycles. The lowest BCUT2D eigenvalue weighted by atomic mass is 10.1. The van der Waals surface area contributed by atoms with Gasteiger partial charge in [-0.15, -0.1) is 0 Å². The zero-order chi connectivity index (χ0) is 23.8. The standard InChI is InChI=1S/C25H27ClN2O4S/c1-18-8-12-21(13-9-18)28-33(30,31)22-14-15-24(23(26)16-22)32-17-25(29)27-19(2)10-11-20-6-4-3-5-7-20/h3-9,12-16,19,28H,10-11,17H2,1-2H3,(H,27,29)/t19-/m0/s1. The van der Waals surface area contributed by atoms with Gasteiger partial charge in [-0.05, 0) is 62.6 Å². The zero-order valence-corrected chi connectivity index (χ0v) is 20.1. The lowest BCUT2D eigenvalue weighted by Crippen LogP contribution is -2.36. The van der Waals surface area contributed by atoms with Gasteiger partial charge in [-0.3, -0.25) is 9.52 Å². The molecule has 0 aliphatic heterocycles. The molecule has 0 fully saturated rings. The van der Waals surface area contributed by atoms with Crippen LogP contribution < -0.4 is 14.8 Å². The third kappa shape index (κ3) is 7.51. The van der Waals surface area contributed by atoms with Crippen LogP contribution in [0.4, 0.5) is 5.69 Å². The monoisotopic (exact) mass is 486 g/mol. The summed E-state index contributed by atoms with van der Waals surface area (Å²) in [6, 6.07) is 21.2. The summed E-state index contributed by atoms with van der Waals surface area (Å²) in [5, 5.41) is 3.00. The number of carbonyl (C=O) groups is 1. The van der Waals surface area contributed by atoms with Crippen molar-refractivity contribution in [3.05, 3.63) is 88.9 Å². The Morgan fingerprint density at radius 3 is 2.39 bits per heavy atom. The second-order valence-corrected chi connectivity index (χ2v) is 9.93. The molecule has 2 N–H and O–H groups in total. The fourth-order valence-corrected chi connectivity index (χ4v) is 4.55. The Labute approximate surface area is 200 Å². The molecule has 1 atom stereocenters. The summed E-state index contributed by atoms with van der Waals surface area (Å²) in [7, 11) is -3.81. The average molecular weight is 487 g/mol. The maximum atomic E-state index is 12.6. The highest BCUT2D eigenvalue weighted by atomic mass is 35.5. The van der Waals surface area contributed by atoms with Crippen molar-refractivity contribution >= 4 is 33.2 Å². The summed E-state index contributed by atoms with van der Waals surface area (Å²) >= 11 is 6.22. The minimum absolute atomic E-state index is 0.000546. The van der Waals surface area contributed by atoms with Gasteiger partial charge in [0, 0.05) is 11.7 Å². The summed E-state index contributed by atoms with van der Waals surface area (Å²) in [5.41, 5.74) is 2.70. The van der Waals surface area contributed by atoms with Crippen LogP contribution in [-0.2, 0) is 21.2 Å². The molecule has 0 aromatic heterocycles. The fraction of sp³-hybridized carbons (Fsp3) is 0.240. The van der Waals surface area contributed by atoms with Gasteiger partial charge >= 0.3 is 0 Å². The van der Waals surface area contributed by atoms with Crippen LogP contribution in [0.5, 0.6) is 5.75 Å². The number of ether oxygens (including phenoxy) is 1. The molecule has 3 rings (SSSR count). The second-order valence-electron chi connectivity index (χ2n) is 7.85. The number of anilines is 1. The summed E-state index contributed by atoms with van der Waals surface area (Å²) in [4.78, 5) is 12.2. The second kappa shape index (κ2) is 11.2. The molecule has 0 aliphatic carbocycles. The van der Waals surface area contributed by atoms with Crippen LogP contribution >= 0.6 is 11.6 Å². The van der Waals surface area contributed by atoms with Crippen LogP contribution in [-0.4, -0.2) is 27.0 Å². The molecule has 0 bridgehead atoms. The van der Waals surface area contributed by atoms with Gasteiger partial charge in [-0.25, -0.2) is 8.42 Å². The normalized spacial score (nSPS) is 12.1. The smallest absolute Gasteiger partial charge is 0.261 e. The van der Waals surface area contributed by atoms with Crippen molar-refractivity contribution in [2.45, 2.75) is 37.6 Å². The van der Waals surface area contributed by atoms with Crippen molar-refractivity contribution in [1.29, 1.82) is 0 Å². The Balaban J connectivity index is 1.52. The van der Waals surface area contributed by atoms with Gasteiger partial charge in [0.25, 0.3) is 15.9 Å². The number of halogens is 1. The van der Waals surface area contributed by atoms with Gasteiger partial charge in [0.15, 0.2) is 6.61 Å². The van der Waals surface area contributed by atoms with Gasteiger partial charge < -0.3 is 10.1 Å². The van der Waals surface area contributed by atoms with E-state index >= 15 is 0 Å². The van der Waals surface area contributed by atoms with E-state index in [1.54, 1.807) is 12.1 Å². The molecule has 0 saturated carbocycles. The van der Waals surface area contributed by atoms with E-state index in [1.165, 1.54) is 23.8 Å². The van der Waals surface area contributed by atoms with Crippen LogP contribution in [0, 0.1) is 6.92 Å². The van der Waals surface area contributed by atoms with Crippen molar-refractivity contribution in [3.8, 4) is 5.75 Å². The van der Waals surface area contributed by atoms with Crippen LogP contribution in [0.15, 0.2) is 77.7 Å². The number of sulfonamides is 1. The highest BCUT2D eigenvalue weighted by Gasteiger charge is 2.17. The first-order valence-electron chi connectivity index (χ1n) is 10.6. The van der Waals surface area contributed by atoms with Crippen LogP contribution in [0.3, 0.4) is 0 Å². The molecule has 0 saturated heterocycles. The predicted molar refractivity (Wildman–Crippen MR) is 131 cm³/mol. The first-order chi connectivity index (χ1) is 15.7. The van der Waals surface area contributed by atoms with E-state index in [0.29, 0.717) is 5.69 Å². The number of aryl methyl sites for hydroxylation is 2. The highest BCUT2D eigenvalue weighted by molar-refractivity contribution is 7.92. The first-order valence-corrected chi connectivity index (χ1v) is 12.4. The summed E-state index contributed by atoms with van der Waals surface area (Å²) in [6.07, 6.45) is 1.67. The Bertz CT molecular complexity index is 1180. The van der Waals surface area contributed by atoms with E-state index in [1.807, 2.05) is 44.2 Å². The van der Waals surface area contributed by atoms with Crippen LogP contribution in [0.25, 0.3) is 0 Å². The number of nitrogens with one attached hydrogen (secondary N) is 2. The summed E-state index contributed by atoms with van der Waals surface area (Å²) in [6.45, 7) is 3.64. The fourth-order valence-electron chi connectivity index (χ4n) is 3.16. The first kappa shape index (κ1) is 24.6. The van der Waals surface area contributed by atoms with Crippen LogP contribution in [0.1, 0.15) is 24.5 Å². The predicted octanol–water partition coefficient (Wildman–Crippen LogP) is 4.97. The molecule has 174 valence electrons. The number of hydrogen-bond acceptors (Lipinski definition) is 4. The average Bonchev–Trinajstić information content (AvgIpc) is 2.79. The molecule has 8 heteroatoms. The molecular weight excluding hydrogens is 460 g/mol. The lowest BCUT2D eigenvalue weighted by molar-refractivity contribution is -0.123. The summed E-state index contributed by atoms with van der Waals surface area (Å²) in [5.74, 6) is -0.0394. The van der Waals surface area contributed by atoms with Gasteiger partial charge in [-0.1, -0.05) is 59.6 Å². The van der Waals surface area contributed by atoms with Crippen molar-refractivity contribution in [2.75, 3.05) is 11.3 Å². The summed E-state index contributed by atoms with van der Waals surface area (Å²) < 4.78 is 33.3. The Hall–Kier alpha value is -3.03. The van der Waals surface area contributed by atoms with Crippen molar-refractivity contribution in [3.63, 3.8) is 0 Å². The topological polar surface area (TPSA) is 84.5 Å². The van der Waals surface area contributed by atoms with Crippen molar-refractivity contribution in [2.24, 2.45) is 0 Å².